The highest BCUT2D eigenvalue weighted by Crippen LogP contribution is 2.31. The molecule has 12 heteroatoms. The molecule has 0 saturated carbocycles. The fourth-order valence-electron chi connectivity index (χ4n) is 4.20. The van der Waals surface area contributed by atoms with Crippen molar-refractivity contribution in [3.63, 3.8) is 0 Å². The Morgan fingerprint density at radius 3 is 2.38 bits per heavy atom. The molecule has 0 radical (unpaired) electrons. The van der Waals surface area contributed by atoms with Gasteiger partial charge in [-0.2, -0.15) is 0 Å². The number of para-hydroxylation sites is 3. The smallest absolute Gasteiger partial charge is 0.338 e. The number of thiazole rings is 1. The van der Waals surface area contributed by atoms with E-state index in [4.69, 9.17) is 26.7 Å². The number of esters is 1. The number of rotatable bonds is 10. The highest BCUT2D eigenvalue weighted by Gasteiger charge is 2.21. The van der Waals surface area contributed by atoms with E-state index in [0.717, 1.165) is 11.8 Å². The van der Waals surface area contributed by atoms with Gasteiger partial charge in [0.1, 0.15) is 10.4 Å². The van der Waals surface area contributed by atoms with Gasteiger partial charge in [-0.15, -0.1) is 0 Å². The number of hydrogen-bond acceptors (Lipinski definition) is 9. The van der Waals surface area contributed by atoms with Gasteiger partial charge in [-0.3, -0.25) is 18.7 Å². The minimum absolute atomic E-state index is 0.0230. The third-order valence-electron chi connectivity index (χ3n) is 6.01. The van der Waals surface area contributed by atoms with E-state index < -0.39 is 5.97 Å². The predicted octanol–water partition coefficient (Wildman–Crippen LogP) is 6.27. The lowest BCUT2D eigenvalue weighted by atomic mass is 10.2. The molecule has 0 fully saturated rings. The molecule has 0 aliphatic carbocycles. The lowest BCUT2D eigenvalue weighted by Crippen LogP contribution is -2.22. The van der Waals surface area contributed by atoms with Crippen LogP contribution in [0.3, 0.4) is 0 Å². The molecule has 0 bridgehead atoms. The van der Waals surface area contributed by atoms with Crippen molar-refractivity contribution in [2.45, 2.75) is 19.0 Å². The van der Waals surface area contributed by atoms with E-state index in [2.05, 4.69) is 5.32 Å². The van der Waals surface area contributed by atoms with Gasteiger partial charge in [0.25, 0.3) is 5.56 Å². The highest BCUT2D eigenvalue weighted by atomic mass is 32.2. The molecule has 42 heavy (non-hydrogen) atoms. The highest BCUT2D eigenvalue weighted by molar-refractivity contribution is 7.99. The average molecular weight is 619 g/mol. The maximum Gasteiger partial charge on any atom is 0.338 e. The van der Waals surface area contributed by atoms with Crippen LogP contribution in [0.1, 0.15) is 24.2 Å². The Morgan fingerprint density at radius 1 is 0.952 bits per heavy atom. The van der Waals surface area contributed by atoms with Gasteiger partial charge in [-0.05, 0) is 74.6 Å². The lowest BCUT2D eigenvalue weighted by Gasteiger charge is -2.14. The van der Waals surface area contributed by atoms with Crippen molar-refractivity contribution in [1.29, 1.82) is 0 Å². The largest absolute Gasteiger partial charge is 0.492 e. The second-order valence-electron chi connectivity index (χ2n) is 8.76. The molecule has 0 saturated heterocycles. The Bertz CT molecular complexity index is 1860. The summed E-state index contributed by atoms with van der Waals surface area (Å²) in [6.45, 7) is 4.37. The molecule has 1 N–H and O–H groups in total. The van der Waals surface area contributed by atoms with E-state index in [1.54, 1.807) is 35.8 Å². The molecule has 5 rings (SSSR count). The standard InChI is InChI=1S/C30H26N4O5S3/c1-3-38-23-13-9-8-12-22(23)34-26-25(42-30(34)40)27(36)33(21-10-6-5-7-11-21)29(32-26)41-18-24(35)31-20-16-14-19(15-17-20)28(37)39-4-2/h5-17H,3-4,18H2,1-2H3,(H,31,35). The maximum absolute atomic E-state index is 13.9. The number of ether oxygens (including phenoxy) is 2. The zero-order valence-electron chi connectivity index (χ0n) is 22.7. The van der Waals surface area contributed by atoms with Gasteiger partial charge < -0.3 is 14.8 Å². The minimum Gasteiger partial charge on any atom is -0.492 e. The molecule has 0 unspecified atom stereocenters. The fourth-order valence-corrected chi connectivity index (χ4v) is 6.29. The molecule has 0 aliphatic heterocycles. The summed E-state index contributed by atoms with van der Waals surface area (Å²) in [6.07, 6.45) is 0. The van der Waals surface area contributed by atoms with E-state index in [0.29, 0.717) is 54.4 Å². The van der Waals surface area contributed by atoms with Crippen LogP contribution in [0.25, 0.3) is 21.7 Å². The van der Waals surface area contributed by atoms with Crippen molar-refractivity contribution >= 4 is 63.2 Å². The zero-order valence-corrected chi connectivity index (χ0v) is 25.2. The summed E-state index contributed by atoms with van der Waals surface area (Å²) in [7, 11) is 0. The van der Waals surface area contributed by atoms with Crippen LogP contribution >= 0.6 is 35.3 Å². The molecule has 0 spiro atoms. The Balaban J connectivity index is 1.50. The molecule has 9 nitrogen and oxygen atoms in total. The van der Waals surface area contributed by atoms with Crippen molar-refractivity contribution in [3.05, 3.63) is 98.7 Å². The number of amides is 1. The number of nitrogens with zero attached hydrogens (tertiary/aromatic N) is 3. The second kappa shape index (κ2) is 13.1. The predicted molar refractivity (Wildman–Crippen MR) is 168 cm³/mol. The second-order valence-corrected chi connectivity index (χ2v) is 11.3. The molecule has 0 atom stereocenters. The number of aromatic nitrogens is 3. The van der Waals surface area contributed by atoms with Gasteiger partial charge in [0, 0.05) is 5.69 Å². The van der Waals surface area contributed by atoms with E-state index in [1.807, 2.05) is 61.5 Å². The third-order valence-corrected chi connectivity index (χ3v) is 8.30. The Kier molecular flexibility index (Phi) is 9.15. The number of nitrogens with one attached hydrogen (secondary N) is 1. The minimum atomic E-state index is -0.428. The number of carbonyl (C=O) groups excluding carboxylic acids is 2. The van der Waals surface area contributed by atoms with Crippen LogP contribution in [-0.2, 0) is 9.53 Å². The summed E-state index contributed by atoms with van der Waals surface area (Å²) in [6, 6.07) is 23.0. The summed E-state index contributed by atoms with van der Waals surface area (Å²) < 4.78 is 14.9. The average Bonchev–Trinajstić information content (AvgIpc) is 3.33. The maximum atomic E-state index is 13.9. The SMILES string of the molecule is CCOC(=O)c1ccc(NC(=O)CSc2nc3c(sc(=S)n3-c3ccccc3OCC)c(=O)n2-c2ccccc2)cc1. The van der Waals surface area contributed by atoms with Gasteiger partial charge >= 0.3 is 5.97 Å². The molecule has 3 aromatic carbocycles. The van der Waals surface area contributed by atoms with Crippen LogP contribution in [0.5, 0.6) is 5.75 Å². The number of thioether (sulfide) groups is 1. The van der Waals surface area contributed by atoms with Gasteiger partial charge in [-0.25, -0.2) is 9.78 Å². The van der Waals surface area contributed by atoms with Crippen LogP contribution in [0.2, 0.25) is 0 Å². The first-order chi connectivity index (χ1) is 20.4. The van der Waals surface area contributed by atoms with E-state index in [9.17, 15) is 14.4 Å². The number of benzene rings is 3. The lowest BCUT2D eigenvalue weighted by molar-refractivity contribution is -0.113. The molecule has 0 aliphatic rings. The van der Waals surface area contributed by atoms with Crippen LogP contribution < -0.4 is 15.6 Å². The molecule has 2 heterocycles. The summed E-state index contributed by atoms with van der Waals surface area (Å²) in [4.78, 5) is 43.7. The van der Waals surface area contributed by atoms with Crippen LogP contribution in [0.15, 0.2) is 88.8 Å². The first kappa shape index (κ1) is 29.2. The normalized spacial score (nSPS) is 10.9. The van der Waals surface area contributed by atoms with Crippen LogP contribution in [0, 0.1) is 3.95 Å². The van der Waals surface area contributed by atoms with E-state index in [1.165, 1.54) is 15.9 Å². The van der Waals surface area contributed by atoms with Gasteiger partial charge in [0.15, 0.2) is 14.8 Å². The quantitative estimate of drug-likeness (QED) is 0.0845. The van der Waals surface area contributed by atoms with E-state index >= 15 is 0 Å². The number of anilines is 1. The van der Waals surface area contributed by atoms with Crippen LogP contribution in [0.4, 0.5) is 5.69 Å². The molecule has 214 valence electrons. The van der Waals surface area contributed by atoms with Crippen molar-refractivity contribution < 1.29 is 19.1 Å². The summed E-state index contributed by atoms with van der Waals surface area (Å²) in [5, 5.41) is 3.16. The summed E-state index contributed by atoms with van der Waals surface area (Å²) >= 11 is 8.01. The van der Waals surface area contributed by atoms with Crippen molar-refractivity contribution in [2.24, 2.45) is 0 Å². The summed E-state index contributed by atoms with van der Waals surface area (Å²) in [5.74, 6) is -0.137. The van der Waals surface area contributed by atoms with Crippen LogP contribution in [-0.4, -0.2) is 45.0 Å². The molecule has 1 amide bonds. The van der Waals surface area contributed by atoms with Crippen molar-refractivity contribution in [2.75, 3.05) is 24.3 Å². The third kappa shape index (κ3) is 6.15. The zero-order chi connectivity index (χ0) is 29.6. The monoisotopic (exact) mass is 618 g/mol. The number of carbonyl (C=O) groups is 2. The number of hydrogen-bond donors (Lipinski definition) is 1. The van der Waals surface area contributed by atoms with Gasteiger partial charge in [-0.1, -0.05) is 53.4 Å². The Morgan fingerprint density at radius 2 is 1.67 bits per heavy atom. The number of fused-ring (bicyclic) bond motifs is 1. The molecular formula is C30H26N4O5S3. The molecule has 2 aromatic heterocycles. The van der Waals surface area contributed by atoms with Crippen molar-refractivity contribution in [1.82, 2.24) is 14.1 Å². The Labute approximate surface area is 254 Å². The molecule has 5 aromatic rings. The van der Waals surface area contributed by atoms with Crippen molar-refractivity contribution in [3.8, 4) is 17.1 Å². The first-order valence-electron chi connectivity index (χ1n) is 13.1. The first-order valence-corrected chi connectivity index (χ1v) is 15.3. The molecular weight excluding hydrogens is 593 g/mol. The topological polar surface area (TPSA) is 104 Å². The fraction of sp³-hybridized carbons (Fsp3) is 0.167. The van der Waals surface area contributed by atoms with E-state index in [-0.39, 0.29) is 23.8 Å². The summed E-state index contributed by atoms with van der Waals surface area (Å²) in [5.41, 5.74) is 2.33. The Hall–Kier alpha value is -4.26. The van der Waals surface area contributed by atoms with Gasteiger partial charge in [0.05, 0.1) is 35.9 Å². The van der Waals surface area contributed by atoms with Gasteiger partial charge in [0.2, 0.25) is 5.91 Å².